The third-order valence-corrected chi connectivity index (χ3v) is 3.28. The van der Waals surface area contributed by atoms with Crippen LogP contribution in [0.5, 0.6) is 0 Å². The van der Waals surface area contributed by atoms with Gasteiger partial charge in [0.05, 0.1) is 0 Å². The molecule has 1 aromatic rings. The fourth-order valence-corrected chi connectivity index (χ4v) is 2.11. The van der Waals surface area contributed by atoms with E-state index in [0.717, 1.165) is 35.2 Å². The SMILES string of the molecule is NC1CCC(Nc2ncc(I)cn2)CC1. The largest absolute Gasteiger partial charge is 0.351 e. The summed E-state index contributed by atoms with van der Waals surface area (Å²) in [6.45, 7) is 0. The Morgan fingerprint density at radius 2 is 1.80 bits per heavy atom. The molecule has 0 bridgehead atoms. The summed E-state index contributed by atoms with van der Waals surface area (Å²) in [6, 6.07) is 0.880. The Bertz CT molecular complexity index is 306. The quantitative estimate of drug-likeness (QED) is 0.816. The van der Waals surface area contributed by atoms with Crippen molar-refractivity contribution in [2.45, 2.75) is 37.8 Å². The van der Waals surface area contributed by atoms with E-state index in [4.69, 9.17) is 5.73 Å². The smallest absolute Gasteiger partial charge is 0.222 e. The maximum Gasteiger partial charge on any atom is 0.222 e. The van der Waals surface area contributed by atoms with Crippen molar-refractivity contribution in [2.24, 2.45) is 5.73 Å². The molecule has 3 N–H and O–H groups in total. The zero-order valence-electron chi connectivity index (χ0n) is 8.49. The molecule has 0 unspecified atom stereocenters. The van der Waals surface area contributed by atoms with Crippen molar-refractivity contribution in [3.63, 3.8) is 0 Å². The molecule has 0 atom stereocenters. The van der Waals surface area contributed by atoms with Crippen LogP contribution in [-0.2, 0) is 0 Å². The molecular weight excluding hydrogens is 303 g/mol. The van der Waals surface area contributed by atoms with Gasteiger partial charge in [0, 0.05) is 28.0 Å². The fraction of sp³-hybridized carbons (Fsp3) is 0.600. The number of hydrogen-bond donors (Lipinski definition) is 2. The van der Waals surface area contributed by atoms with Crippen LogP contribution >= 0.6 is 22.6 Å². The van der Waals surface area contributed by atoms with E-state index in [0.29, 0.717) is 12.1 Å². The van der Waals surface area contributed by atoms with Gasteiger partial charge in [0.25, 0.3) is 0 Å². The first kappa shape index (κ1) is 11.1. The van der Waals surface area contributed by atoms with Gasteiger partial charge in [-0.25, -0.2) is 9.97 Å². The van der Waals surface area contributed by atoms with Gasteiger partial charge in [0.15, 0.2) is 0 Å². The molecule has 1 heterocycles. The highest BCUT2D eigenvalue weighted by atomic mass is 127. The number of halogens is 1. The summed E-state index contributed by atoms with van der Waals surface area (Å²) >= 11 is 2.20. The van der Waals surface area contributed by atoms with Crippen LogP contribution in [0.3, 0.4) is 0 Å². The van der Waals surface area contributed by atoms with Gasteiger partial charge in [-0.2, -0.15) is 0 Å². The van der Waals surface area contributed by atoms with Gasteiger partial charge in [0.1, 0.15) is 0 Å². The molecule has 0 spiro atoms. The third kappa shape index (κ3) is 3.27. The van der Waals surface area contributed by atoms with Crippen molar-refractivity contribution < 1.29 is 0 Å². The minimum absolute atomic E-state index is 0.390. The number of anilines is 1. The van der Waals surface area contributed by atoms with E-state index in [1.807, 2.05) is 12.4 Å². The lowest BCUT2D eigenvalue weighted by atomic mass is 9.92. The molecule has 1 aromatic heterocycles. The molecule has 15 heavy (non-hydrogen) atoms. The molecule has 4 nitrogen and oxygen atoms in total. The second kappa shape index (κ2) is 5.07. The Balaban J connectivity index is 1.89. The Kier molecular flexibility index (Phi) is 3.74. The van der Waals surface area contributed by atoms with Crippen LogP contribution in [0, 0.1) is 3.57 Å². The predicted molar refractivity (Wildman–Crippen MR) is 68.6 cm³/mol. The van der Waals surface area contributed by atoms with Gasteiger partial charge in [-0.3, -0.25) is 0 Å². The minimum Gasteiger partial charge on any atom is -0.351 e. The first-order valence-corrected chi connectivity index (χ1v) is 6.31. The number of rotatable bonds is 2. The van der Waals surface area contributed by atoms with Gasteiger partial charge >= 0.3 is 0 Å². The Labute approximate surface area is 103 Å². The van der Waals surface area contributed by atoms with Crippen molar-refractivity contribution in [3.05, 3.63) is 16.0 Å². The van der Waals surface area contributed by atoms with Gasteiger partial charge < -0.3 is 11.1 Å². The van der Waals surface area contributed by atoms with E-state index in [1.165, 1.54) is 0 Å². The third-order valence-electron chi connectivity index (χ3n) is 2.73. The number of hydrogen-bond acceptors (Lipinski definition) is 4. The molecule has 1 fully saturated rings. The zero-order chi connectivity index (χ0) is 10.7. The Morgan fingerprint density at radius 1 is 1.20 bits per heavy atom. The summed E-state index contributed by atoms with van der Waals surface area (Å²) in [6.07, 6.45) is 8.09. The van der Waals surface area contributed by atoms with Crippen molar-refractivity contribution in [1.29, 1.82) is 0 Å². The minimum atomic E-state index is 0.390. The molecule has 82 valence electrons. The van der Waals surface area contributed by atoms with E-state index in [1.54, 1.807) is 0 Å². The van der Waals surface area contributed by atoms with Crippen LogP contribution in [0.15, 0.2) is 12.4 Å². The number of nitrogens with two attached hydrogens (primary N) is 1. The normalized spacial score (nSPS) is 26.3. The van der Waals surface area contributed by atoms with Crippen LogP contribution in [0.25, 0.3) is 0 Å². The van der Waals surface area contributed by atoms with Crippen LogP contribution in [0.2, 0.25) is 0 Å². The first-order chi connectivity index (χ1) is 7.24. The molecule has 0 aliphatic heterocycles. The summed E-state index contributed by atoms with van der Waals surface area (Å²) in [4.78, 5) is 8.46. The molecule has 1 aliphatic carbocycles. The molecule has 0 saturated heterocycles. The van der Waals surface area contributed by atoms with Gasteiger partial charge in [-0.15, -0.1) is 0 Å². The van der Waals surface area contributed by atoms with Gasteiger partial charge in [0.2, 0.25) is 5.95 Å². The monoisotopic (exact) mass is 318 g/mol. The van der Waals surface area contributed by atoms with Crippen LogP contribution in [-0.4, -0.2) is 22.1 Å². The van der Waals surface area contributed by atoms with Crippen LogP contribution in [0.1, 0.15) is 25.7 Å². The molecule has 0 amide bonds. The summed E-state index contributed by atoms with van der Waals surface area (Å²) in [7, 11) is 0. The van der Waals surface area contributed by atoms with E-state index in [-0.39, 0.29) is 0 Å². The number of nitrogens with zero attached hydrogens (tertiary/aromatic N) is 2. The van der Waals surface area contributed by atoms with Crippen molar-refractivity contribution in [2.75, 3.05) is 5.32 Å². The second-order valence-corrected chi connectivity index (χ2v) is 5.23. The number of nitrogens with one attached hydrogen (secondary N) is 1. The highest BCUT2D eigenvalue weighted by Crippen LogP contribution is 2.19. The molecule has 2 rings (SSSR count). The van der Waals surface area contributed by atoms with Gasteiger partial charge in [-0.05, 0) is 48.3 Å². The summed E-state index contributed by atoms with van der Waals surface area (Å²) in [5.41, 5.74) is 5.85. The highest BCUT2D eigenvalue weighted by Gasteiger charge is 2.18. The maximum absolute atomic E-state index is 5.85. The molecular formula is C10H15IN4. The lowest BCUT2D eigenvalue weighted by Gasteiger charge is -2.26. The zero-order valence-corrected chi connectivity index (χ0v) is 10.6. The predicted octanol–water partition coefficient (Wildman–Crippen LogP) is 1.76. The Hall–Kier alpha value is -0.430. The molecule has 1 saturated carbocycles. The van der Waals surface area contributed by atoms with Crippen LogP contribution in [0.4, 0.5) is 5.95 Å². The van der Waals surface area contributed by atoms with Crippen LogP contribution < -0.4 is 11.1 Å². The van der Waals surface area contributed by atoms with Crippen molar-refractivity contribution in [1.82, 2.24) is 9.97 Å². The summed E-state index contributed by atoms with van der Waals surface area (Å²) in [5.74, 6) is 0.732. The average Bonchev–Trinajstić information content (AvgIpc) is 2.25. The van der Waals surface area contributed by atoms with Gasteiger partial charge in [-0.1, -0.05) is 0 Å². The van der Waals surface area contributed by atoms with E-state index >= 15 is 0 Å². The number of aromatic nitrogens is 2. The first-order valence-electron chi connectivity index (χ1n) is 5.23. The molecule has 5 heteroatoms. The lowest BCUT2D eigenvalue weighted by Crippen LogP contribution is -2.33. The molecule has 1 aliphatic rings. The van der Waals surface area contributed by atoms with E-state index < -0.39 is 0 Å². The standard InChI is InChI=1S/C10H15IN4/c11-7-5-13-10(14-6-7)15-9-3-1-8(12)2-4-9/h5-6,8-9H,1-4,12H2,(H,13,14,15). The van der Waals surface area contributed by atoms with E-state index in [2.05, 4.69) is 37.9 Å². The summed E-state index contributed by atoms with van der Waals surface area (Å²) < 4.78 is 1.06. The molecule has 0 radical (unpaired) electrons. The highest BCUT2D eigenvalue weighted by molar-refractivity contribution is 14.1. The molecule has 0 aromatic carbocycles. The topological polar surface area (TPSA) is 63.8 Å². The summed E-state index contributed by atoms with van der Waals surface area (Å²) in [5, 5.41) is 3.35. The van der Waals surface area contributed by atoms with Crippen molar-refractivity contribution >= 4 is 28.5 Å². The lowest BCUT2D eigenvalue weighted by molar-refractivity contribution is 0.410. The van der Waals surface area contributed by atoms with E-state index in [9.17, 15) is 0 Å². The second-order valence-electron chi connectivity index (χ2n) is 3.98. The fourth-order valence-electron chi connectivity index (χ4n) is 1.83. The Morgan fingerprint density at radius 3 is 2.40 bits per heavy atom. The van der Waals surface area contributed by atoms with Crippen molar-refractivity contribution in [3.8, 4) is 0 Å². The average molecular weight is 318 g/mol. The maximum atomic E-state index is 5.85.